The standard InChI is InChI=1S/C21H31N3O3.HI/c1-4-26-19-12-17-11-15(2)27-20(17)13-18(19)14-24-21(22-3)23-8-5-16-6-9-25-10-7-16;/h6,12-13,15H,4-5,7-11,14H2,1-3H3,(H2,22,23,24);1H. The molecule has 6 nitrogen and oxygen atoms in total. The van der Waals surface area contributed by atoms with Gasteiger partial charge in [-0.1, -0.05) is 11.6 Å². The molecule has 1 atom stereocenters. The fourth-order valence-corrected chi connectivity index (χ4v) is 3.44. The molecule has 0 radical (unpaired) electrons. The highest BCUT2D eigenvalue weighted by Gasteiger charge is 2.21. The van der Waals surface area contributed by atoms with Crippen LogP contribution < -0.4 is 20.1 Å². The first-order valence-corrected chi connectivity index (χ1v) is 9.85. The Bertz CT molecular complexity index is 706. The van der Waals surface area contributed by atoms with Gasteiger partial charge in [-0.25, -0.2) is 0 Å². The molecule has 0 saturated heterocycles. The van der Waals surface area contributed by atoms with E-state index in [0.29, 0.717) is 13.2 Å². The summed E-state index contributed by atoms with van der Waals surface area (Å²) >= 11 is 0. The van der Waals surface area contributed by atoms with Crippen LogP contribution in [0.1, 0.15) is 37.8 Å². The lowest BCUT2D eigenvalue weighted by atomic mass is 10.1. The molecule has 0 saturated carbocycles. The van der Waals surface area contributed by atoms with Crippen LogP contribution in [0.25, 0.3) is 0 Å². The average molecular weight is 501 g/mol. The number of nitrogens with one attached hydrogen (secondary N) is 2. The molecule has 0 fully saturated rings. The Kier molecular flexibility index (Phi) is 9.37. The van der Waals surface area contributed by atoms with E-state index in [-0.39, 0.29) is 30.1 Å². The lowest BCUT2D eigenvalue weighted by Crippen LogP contribution is -2.37. The Morgan fingerprint density at radius 1 is 1.32 bits per heavy atom. The van der Waals surface area contributed by atoms with Crippen molar-refractivity contribution in [1.29, 1.82) is 0 Å². The Morgan fingerprint density at radius 3 is 2.89 bits per heavy atom. The fourth-order valence-electron chi connectivity index (χ4n) is 3.44. The van der Waals surface area contributed by atoms with Crippen LogP contribution in [0.15, 0.2) is 28.8 Å². The monoisotopic (exact) mass is 501 g/mol. The van der Waals surface area contributed by atoms with E-state index in [1.165, 1.54) is 11.1 Å². The van der Waals surface area contributed by atoms with Crippen LogP contribution >= 0.6 is 24.0 Å². The number of ether oxygens (including phenoxy) is 3. The van der Waals surface area contributed by atoms with Gasteiger partial charge in [-0.15, -0.1) is 24.0 Å². The summed E-state index contributed by atoms with van der Waals surface area (Å²) in [6, 6.07) is 4.21. The predicted octanol–water partition coefficient (Wildman–Crippen LogP) is 3.43. The molecule has 0 spiro atoms. The van der Waals surface area contributed by atoms with Crippen molar-refractivity contribution in [3.05, 3.63) is 34.9 Å². The van der Waals surface area contributed by atoms with Crippen LogP contribution in [0, 0.1) is 0 Å². The Labute approximate surface area is 185 Å². The molecule has 7 heteroatoms. The van der Waals surface area contributed by atoms with Gasteiger partial charge in [0.15, 0.2) is 5.96 Å². The lowest BCUT2D eigenvalue weighted by Gasteiger charge is -2.17. The molecule has 28 heavy (non-hydrogen) atoms. The van der Waals surface area contributed by atoms with Gasteiger partial charge in [-0.3, -0.25) is 4.99 Å². The van der Waals surface area contributed by atoms with Gasteiger partial charge in [0.1, 0.15) is 17.6 Å². The smallest absolute Gasteiger partial charge is 0.191 e. The zero-order valence-corrected chi connectivity index (χ0v) is 19.4. The maximum Gasteiger partial charge on any atom is 0.191 e. The number of hydrogen-bond acceptors (Lipinski definition) is 4. The molecule has 0 aromatic heterocycles. The van der Waals surface area contributed by atoms with Gasteiger partial charge >= 0.3 is 0 Å². The molecule has 1 aromatic rings. The van der Waals surface area contributed by atoms with Crippen LogP contribution in [-0.2, 0) is 17.7 Å². The average Bonchev–Trinajstić information content (AvgIpc) is 3.04. The van der Waals surface area contributed by atoms with E-state index in [0.717, 1.165) is 62.0 Å². The van der Waals surface area contributed by atoms with Crippen LogP contribution in [-0.4, -0.2) is 45.5 Å². The zero-order valence-electron chi connectivity index (χ0n) is 17.0. The van der Waals surface area contributed by atoms with Crippen molar-refractivity contribution in [3.8, 4) is 11.5 Å². The molecule has 0 bridgehead atoms. The van der Waals surface area contributed by atoms with E-state index in [1.807, 2.05) is 6.92 Å². The summed E-state index contributed by atoms with van der Waals surface area (Å²) in [5.74, 6) is 2.68. The highest BCUT2D eigenvalue weighted by Crippen LogP contribution is 2.35. The zero-order chi connectivity index (χ0) is 19.1. The number of benzene rings is 1. The maximum absolute atomic E-state index is 5.90. The molecule has 1 aromatic carbocycles. The SMILES string of the molecule is CCOc1cc2c(cc1CNC(=NC)NCCC1=CCOCC1)OC(C)C2.I. The summed E-state index contributed by atoms with van der Waals surface area (Å²) in [4.78, 5) is 4.32. The number of fused-ring (bicyclic) bond motifs is 1. The Balaban J connectivity index is 0.00000280. The third-order valence-electron chi connectivity index (χ3n) is 4.84. The van der Waals surface area contributed by atoms with E-state index in [2.05, 4.69) is 40.8 Å². The van der Waals surface area contributed by atoms with Crippen molar-refractivity contribution in [1.82, 2.24) is 10.6 Å². The van der Waals surface area contributed by atoms with Gasteiger partial charge in [-0.05, 0) is 38.8 Å². The summed E-state index contributed by atoms with van der Waals surface area (Å²) in [7, 11) is 1.79. The third kappa shape index (κ3) is 6.27. The highest BCUT2D eigenvalue weighted by molar-refractivity contribution is 14.0. The van der Waals surface area contributed by atoms with E-state index in [1.54, 1.807) is 7.05 Å². The molecule has 2 aliphatic heterocycles. The predicted molar refractivity (Wildman–Crippen MR) is 123 cm³/mol. The molecule has 0 aliphatic carbocycles. The normalized spacial score (nSPS) is 18.5. The second kappa shape index (κ2) is 11.5. The fraction of sp³-hybridized carbons (Fsp3) is 0.571. The van der Waals surface area contributed by atoms with Gasteiger partial charge in [0.25, 0.3) is 0 Å². The van der Waals surface area contributed by atoms with Gasteiger partial charge in [0.05, 0.1) is 19.8 Å². The van der Waals surface area contributed by atoms with E-state index < -0.39 is 0 Å². The van der Waals surface area contributed by atoms with Crippen LogP contribution in [0.5, 0.6) is 11.5 Å². The molecule has 2 aliphatic rings. The first kappa shape index (κ1) is 22.8. The summed E-state index contributed by atoms with van der Waals surface area (Å²) in [6.07, 6.45) is 5.39. The number of hydrogen-bond donors (Lipinski definition) is 2. The topological polar surface area (TPSA) is 64.1 Å². The Hall–Kier alpha value is -1.48. The summed E-state index contributed by atoms with van der Waals surface area (Å²) in [5.41, 5.74) is 3.76. The second-order valence-electron chi connectivity index (χ2n) is 6.92. The van der Waals surface area contributed by atoms with Gasteiger partial charge in [0.2, 0.25) is 0 Å². The molecule has 0 amide bonds. The van der Waals surface area contributed by atoms with Crippen molar-refractivity contribution >= 4 is 29.9 Å². The van der Waals surface area contributed by atoms with Gasteiger partial charge < -0.3 is 24.8 Å². The summed E-state index contributed by atoms with van der Waals surface area (Å²) in [6.45, 7) is 7.81. The molecular formula is C21H32IN3O3. The molecule has 2 N–H and O–H groups in total. The van der Waals surface area contributed by atoms with Crippen molar-refractivity contribution in [2.75, 3.05) is 33.4 Å². The summed E-state index contributed by atoms with van der Waals surface area (Å²) < 4.78 is 17.1. The number of guanidine groups is 1. The lowest BCUT2D eigenvalue weighted by molar-refractivity contribution is 0.153. The number of rotatable bonds is 7. The minimum Gasteiger partial charge on any atom is -0.494 e. The molecule has 2 heterocycles. The first-order chi connectivity index (χ1) is 13.2. The van der Waals surface area contributed by atoms with E-state index >= 15 is 0 Å². The van der Waals surface area contributed by atoms with E-state index in [4.69, 9.17) is 14.2 Å². The first-order valence-electron chi connectivity index (χ1n) is 9.85. The Morgan fingerprint density at radius 2 is 2.18 bits per heavy atom. The minimum absolute atomic E-state index is 0. The maximum atomic E-state index is 5.90. The van der Waals surface area contributed by atoms with Crippen molar-refractivity contribution < 1.29 is 14.2 Å². The molecule has 3 rings (SSSR count). The third-order valence-corrected chi connectivity index (χ3v) is 4.84. The van der Waals surface area contributed by atoms with Gasteiger partial charge in [0, 0.05) is 37.7 Å². The van der Waals surface area contributed by atoms with Crippen molar-refractivity contribution in [3.63, 3.8) is 0 Å². The number of aliphatic imine (C=N–C) groups is 1. The van der Waals surface area contributed by atoms with Crippen LogP contribution in [0.4, 0.5) is 0 Å². The summed E-state index contributed by atoms with van der Waals surface area (Å²) in [5, 5.41) is 6.77. The van der Waals surface area contributed by atoms with E-state index in [9.17, 15) is 0 Å². The number of halogens is 1. The highest BCUT2D eigenvalue weighted by atomic mass is 127. The van der Waals surface area contributed by atoms with Crippen LogP contribution in [0.3, 0.4) is 0 Å². The molecule has 156 valence electrons. The van der Waals surface area contributed by atoms with Crippen molar-refractivity contribution in [2.45, 2.75) is 45.8 Å². The largest absolute Gasteiger partial charge is 0.494 e. The number of nitrogens with zero attached hydrogens (tertiary/aromatic N) is 1. The quantitative estimate of drug-likeness (QED) is 0.260. The van der Waals surface area contributed by atoms with Gasteiger partial charge in [-0.2, -0.15) is 0 Å². The van der Waals surface area contributed by atoms with Crippen molar-refractivity contribution in [2.24, 2.45) is 4.99 Å². The minimum atomic E-state index is 0. The van der Waals surface area contributed by atoms with Crippen LogP contribution in [0.2, 0.25) is 0 Å². The molecule has 1 unspecified atom stereocenters. The molecular weight excluding hydrogens is 469 g/mol. The second-order valence-corrected chi connectivity index (χ2v) is 6.92.